The quantitative estimate of drug-likeness (QED) is 0.622. The Kier molecular flexibility index (Phi) is 2.80. The van der Waals surface area contributed by atoms with Crippen LogP contribution in [0.5, 0.6) is 0 Å². The second-order valence-corrected chi connectivity index (χ2v) is 3.74. The third kappa shape index (κ3) is 1.93. The summed E-state index contributed by atoms with van der Waals surface area (Å²) >= 11 is 0. The number of aryl methyl sites for hydroxylation is 1. The van der Waals surface area contributed by atoms with Crippen molar-refractivity contribution in [3.8, 4) is 0 Å². The minimum atomic E-state index is -0.725. The zero-order valence-electron chi connectivity index (χ0n) is 9.51. The first-order chi connectivity index (χ1) is 8.50. The van der Waals surface area contributed by atoms with Crippen molar-refractivity contribution >= 4 is 28.3 Å². The van der Waals surface area contributed by atoms with Gasteiger partial charge in [0.25, 0.3) is 5.69 Å². The minimum absolute atomic E-state index is 0.111. The molecule has 1 aromatic heterocycles. The number of para-hydroxylation sites is 1. The number of nitrogens with one attached hydrogen (secondary N) is 1. The highest BCUT2D eigenvalue weighted by Crippen LogP contribution is 2.30. The smallest absolute Gasteiger partial charge is 0.316 e. The number of hydrogen-bond acceptors (Lipinski definition) is 4. The van der Waals surface area contributed by atoms with Gasteiger partial charge >= 0.3 is 6.03 Å². The number of carbonyl (C=O) groups excluding carboxylic acids is 1. The van der Waals surface area contributed by atoms with Crippen LogP contribution in [0.3, 0.4) is 0 Å². The Hall–Kier alpha value is -2.70. The predicted molar refractivity (Wildman–Crippen MR) is 66.3 cm³/mol. The summed E-state index contributed by atoms with van der Waals surface area (Å²) in [6, 6.07) is 3.82. The molecule has 7 heteroatoms. The van der Waals surface area contributed by atoms with E-state index in [1.807, 2.05) is 0 Å². The molecule has 92 valence electrons. The van der Waals surface area contributed by atoms with Crippen LogP contribution >= 0.6 is 0 Å². The van der Waals surface area contributed by atoms with Crippen molar-refractivity contribution in [1.82, 2.24) is 4.98 Å². The molecule has 0 aliphatic carbocycles. The Morgan fingerprint density at radius 3 is 2.83 bits per heavy atom. The summed E-state index contributed by atoms with van der Waals surface area (Å²) < 4.78 is 0. The van der Waals surface area contributed by atoms with E-state index >= 15 is 0 Å². The second-order valence-electron chi connectivity index (χ2n) is 3.74. The molecule has 0 saturated carbocycles. The highest BCUT2D eigenvalue weighted by molar-refractivity contribution is 6.03. The van der Waals surface area contributed by atoms with Crippen LogP contribution in [0, 0.1) is 17.0 Å². The lowest BCUT2D eigenvalue weighted by Gasteiger charge is -2.09. The SMILES string of the molecule is Cc1cnc2c([N+](=O)[O-])cccc2c1NC(N)=O. The Bertz CT molecular complexity index is 654. The number of nitrogens with zero attached hydrogens (tertiary/aromatic N) is 2. The maximum atomic E-state index is 10.9. The van der Waals surface area contributed by atoms with Crippen molar-refractivity contribution in [3.63, 3.8) is 0 Å². The number of urea groups is 1. The van der Waals surface area contributed by atoms with Gasteiger partial charge in [-0.1, -0.05) is 12.1 Å². The molecule has 0 spiro atoms. The van der Waals surface area contributed by atoms with E-state index in [1.54, 1.807) is 13.0 Å². The van der Waals surface area contributed by atoms with Gasteiger partial charge in [0.05, 0.1) is 10.6 Å². The zero-order valence-corrected chi connectivity index (χ0v) is 9.51. The molecule has 1 heterocycles. The fourth-order valence-corrected chi connectivity index (χ4v) is 1.74. The van der Waals surface area contributed by atoms with Crippen LogP contribution in [0.15, 0.2) is 24.4 Å². The lowest BCUT2D eigenvalue weighted by Crippen LogP contribution is -2.20. The van der Waals surface area contributed by atoms with Crippen LogP contribution in [0.1, 0.15) is 5.56 Å². The van der Waals surface area contributed by atoms with E-state index in [0.717, 1.165) is 0 Å². The summed E-state index contributed by atoms with van der Waals surface area (Å²) in [4.78, 5) is 25.3. The molecular formula is C11H10N4O3. The summed E-state index contributed by atoms with van der Waals surface area (Å²) in [5.74, 6) is 0. The van der Waals surface area contributed by atoms with E-state index in [-0.39, 0.29) is 11.2 Å². The fourth-order valence-electron chi connectivity index (χ4n) is 1.74. The number of anilines is 1. The van der Waals surface area contributed by atoms with Crippen molar-refractivity contribution in [2.75, 3.05) is 5.32 Å². The molecule has 0 bridgehead atoms. The van der Waals surface area contributed by atoms with Crippen LogP contribution < -0.4 is 11.1 Å². The lowest BCUT2D eigenvalue weighted by molar-refractivity contribution is -0.383. The van der Waals surface area contributed by atoms with Gasteiger partial charge in [-0.2, -0.15) is 0 Å². The lowest BCUT2D eigenvalue weighted by atomic mass is 10.1. The summed E-state index contributed by atoms with van der Waals surface area (Å²) in [6.07, 6.45) is 1.46. The molecule has 1 aromatic carbocycles. The molecular weight excluding hydrogens is 236 g/mol. The van der Waals surface area contributed by atoms with Crippen LogP contribution in [0.4, 0.5) is 16.2 Å². The summed E-state index contributed by atoms with van der Waals surface area (Å²) in [7, 11) is 0. The van der Waals surface area contributed by atoms with Crippen LogP contribution in [0.25, 0.3) is 10.9 Å². The molecule has 2 aromatic rings. The van der Waals surface area contributed by atoms with Gasteiger partial charge in [-0.05, 0) is 12.5 Å². The number of nitrogens with two attached hydrogens (primary N) is 1. The highest BCUT2D eigenvalue weighted by Gasteiger charge is 2.16. The van der Waals surface area contributed by atoms with Gasteiger partial charge in [0.1, 0.15) is 5.52 Å². The number of rotatable bonds is 2. The van der Waals surface area contributed by atoms with E-state index in [9.17, 15) is 14.9 Å². The molecule has 2 amide bonds. The van der Waals surface area contributed by atoms with Crippen LogP contribution in [0.2, 0.25) is 0 Å². The largest absolute Gasteiger partial charge is 0.351 e. The molecule has 0 aliphatic rings. The molecule has 2 rings (SSSR count). The van der Waals surface area contributed by atoms with E-state index < -0.39 is 11.0 Å². The van der Waals surface area contributed by atoms with Gasteiger partial charge in [0.15, 0.2) is 0 Å². The van der Waals surface area contributed by atoms with Crippen LogP contribution in [-0.2, 0) is 0 Å². The van der Waals surface area contributed by atoms with Gasteiger partial charge in [-0.3, -0.25) is 10.1 Å². The number of pyridine rings is 1. The summed E-state index contributed by atoms with van der Waals surface area (Å²) in [5, 5.41) is 13.8. The third-order valence-corrected chi connectivity index (χ3v) is 2.51. The zero-order chi connectivity index (χ0) is 13.3. The Morgan fingerprint density at radius 1 is 1.50 bits per heavy atom. The first-order valence-electron chi connectivity index (χ1n) is 5.10. The number of nitro benzene ring substituents is 1. The van der Waals surface area contributed by atoms with Gasteiger partial charge in [0.2, 0.25) is 0 Å². The fraction of sp³-hybridized carbons (Fsp3) is 0.0909. The number of benzene rings is 1. The molecule has 3 N–H and O–H groups in total. The topological polar surface area (TPSA) is 111 Å². The molecule has 0 radical (unpaired) electrons. The molecule has 0 saturated heterocycles. The van der Waals surface area contributed by atoms with Crippen LogP contribution in [-0.4, -0.2) is 15.9 Å². The maximum absolute atomic E-state index is 10.9. The Balaban J connectivity index is 2.77. The molecule has 0 atom stereocenters. The average molecular weight is 246 g/mol. The summed E-state index contributed by atoms with van der Waals surface area (Å²) in [6.45, 7) is 1.73. The Morgan fingerprint density at radius 2 is 2.22 bits per heavy atom. The number of hydrogen-bond donors (Lipinski definition) is 2. The molecule has 0 fully saturated rings. The number of nitro groups is 1. The standard InChI is InChI=1S/C11H10N4O3/c1-6-5-13-10-7(9(6)14-11(12)16)3-2-4-8(10)15(17)18/h2-5H,1H3,(H3,12,13,14,16). The molecule has 7 nitrogen and oxygen atoms in total. The number of non-ortho nitro benzene ring substituents is 1. The predicted octanol–water partition coefficient (Wildman–Crippen LogP) is 1.94. The van der Waals surface area contributed by atoms with Crippen molar-refractivity contribution in [1.29, 1.82) is 0 Å². The number of carbonyl (C=O) groups is 1. The van der Waals surface area contributed by atoms with Crippen molar-refractivity contribution in [3.05, 3.63) is 40.1 Å². The summed E-state index contributed by atoms with van der Waals surface area (Å²) in [5.41, 5.74) is 6.31. The number of primary amides is 1. The van der Waals surface area contributed by atoms with E-state index in [4.69, 9.17) is 5.73 Å². The van der Waals surface area contributed by atoms with Crippen molar-refractivity contribution in [2.24, 2.45) is 5.73 Å². The first kappa shape index (κ1) is 11.8. The normalized spacial score (nSPS) is 10.3. The third-order valence-electron chi connectivity index (χ3n) is 2.51. The maximum Gasteiger partial charge on any atom is 0.316 e. The second kappa shape index (κ2) is 4.28. The van der Waals surface area contributed by atoms with Gasteiger partial charge in [-0.25, -0.2) is 9.78 Å². The van der Waals surface area contributed by atoms with E-state index in [2.05, 4.69) is 10.3 Å². The highest BCUT2D eigenvalue weighted by atomic mass is 16.6. The number of fused-ring (bicyclic) bond motifs is 1. The van der Waals surface area contributed by atoms with Crippen molar-refractivity contribution in [2.45, 2.75) is 6.92 Å². The van der Waals surface area contributed by atoms with Gasteiger partial charge in [-0.15, -0.1) is 0 Å². The van der Waals surface area contributed by atoms with E-state index in [1.165, 1.54) is 18.3 Å². The average Bonchev–Trinajstić information content (AvgIpc) is 2.31. The molecule has 0 unspecified atom stereocenters. The number of aromatic nitrogens is 1. The van der Waals surface area contributed by atoms with Gasteiger partial charge in [0, 0.05) is 17.6 Å². The molecule has 18 heavy (non-hydrogen) atoms. The molecule has 0 aliphatic heterocycles. The monoisotopic (exact) mass is 246 g/mol. The van der Waals surface area contributed by atoms with Gasteiger partial charge < -0.3 is 11.1 Å². The van der Waals surface area contributed by atoms with Crippen molar-refractivity contribution < 1.29 is 9.72 Å². The Labute approximate surface area is 102 Å². The van der Waals surface area contributed by atoms with E-state index in [0.29, 0.717) is 16.6 Å². The first-order valence-corrected chi connectivity index (χ1v) is 5.10. The number of amides is 2. The minimum Gasteiger partial charge on any atom is -0.351 e.